The lowest BCUT2D eigenvalue weighted by Gasteiger charge is -2.23. The van der Waals surface area contributed by atoms with Crippen LogP contribution >= 0.6 is 0 Å². The first-order valence-electron chi connectivity index (χ1n) is 4.83. The van der Waals surface area contributed by atoms with E-state index in [-0.39, 0.29) is 0 Å². The van der Waals surface area contributed by atoms with Crippen molar-refractivity contribution in [1.29, 1.82) is 0 Å². The van der Waals surface area contributed by atoms with E-state index in [9.17, 15) is 0 Å². The maximum atomic E-state index is 5.59. The van der Waals surface area contributed by atoms with Crippen LogP contribution in [0.3, 0.4) is 0 Å². The third-order valence-corrected chi connectivity index (χ3v) is 1.95. The summed E-state index contributed by atoms with van der Waals surface area (Å²) in [7, 11) is 6.47. The van der Waals surface area contributed by atoms with Crippen LogP contribution in [0.15, 0.2) is 24.3 Å². The minimum Gasteiger partial charge on any atom is -0.488 e. The molecule has 0 saturated carbocycles. The van der Waals surface area contributed by atoms with E-state index in [2.05, 4.69) is 26.9 Å². The number of ether oxygens (including phenoxy) is 1. The molecule has 0 aromatic heterocycles. The quantitative estimate of drug-likeness (QED) is 0.705. The van der Waals surface area contributed by atoms with Crippen LogP contribution in [0.1, 0.15) is 0 Å². The number of quaternary nitrogens is 2. The molecule has 78 valence electrons. The zero-order valence-electron chi connectivity index (χ0n) is 9.29. The second kappa shape index (κ2) is 4.44. The van der Waals surface area contributed by atoms with Crippen LogP contribution in [-0.4, -0.2) is 38.8 Å². The van der Waals surface area contributed by atoms with Gasteiger partial charge in [-0.25, -0.2) is 0 Å². The topological polar surface area (TPSA) is 36.9 Å². The Hall–Kier alpha value is -1.06. The number of nitrogens with zero attached hydrogens (tertiary/aromatic N) is 1. The number of rotatable bonds is 4. The Bertz CT molecular complexity index is 274. The Morgan fingerprint density at radius 3 is 2.21 bits per heavy atom. The van der Waals surface area contributed by atoms with Gasteiger partial charge in [-0.05, 0) is 12.1 Å². The van der Waals surface area contributed by atoms with Gasteiger partial charge in [0.1, 0.15) is 24.6 Å². The molecule has 3 heteroatoms. The molecule has 0 atom stereocenters. The van der Waals surface area contributed by atoms with Gasteiger partial charge in [0.25, 0.3) is 0 Å². The molecule has 3 nitrogen and oxygen atoms in total. The van der Waals surface area contributed by atoms with Crippen molar-refractivity contribution in [3.8, 4) is 5.75 Å². The number of hydrogen-bond acceptors (Lipinski definition) is 1. The van der Waals surface area contributed by atoms with Gasteiger partial charge in [0.05, 0.1) is 21.1 Å². The summed E-state index contributed by atoms with van der Waals surface area (Å²) in [6.07, 6.45) is 0. The van der Waals surface area contributed by atoms with E-state index < -0.39 is 0 Å². The molecule has 0 spiro atoms. The van der Waals surface area contributed by atoms with E-state index in [4.69, 9.17) is 4.74 Å². The minimum atomic E-state index is 0.750. The van der Waals surface area contributed by atoms with Crippen LogP contribution in [0, 0.1) is 0 Å². The third-order valence-electron chi connectivity index (χ3n) is 1.95. The Morgan fingerprint density at radius 1 is 1.14 bits per heavy atom. The summed E-state index contributed by atoms with van der Waals surface area (Å²) in [6.45, 7) is 1.76. The molecule has 0 radical (unpaired) electrons. The molecule has 1 aromatic carbocycles. The van der Waals surface area contributed by atoms with Gasteiger partial charge >= 0.3 is 0 Å². The van der Waals surface area contributed by atoms with Gasteiger partial charge in [-0.3, -0.25) is 0 Å². The monoisotopic (exact) mass is 196 g/mol. The third kappa shape index (κ3) is 4.25. The molecular formula is C11H20N2O+2. The molecule has 0 heterocycles. The molecule has 0 aliphatic rings. The fourth-order valence-electron chi connectivity index (χ4n) is 1.02. The van der Waals surface area contributed by atoms with E-state index in [0.29, 0.717) is 0 Å². The largest absolute Gasteiger partial charge is 0.488 e. The van der Waals surface area contributed by atoms with Gasteiger partial charge in [0.2, 0.25) is 0 Å². The van der Waals surface area contributed by atoms with E-state index in [1.165, 1.54) is 0 Å². The minimum absolute atomic E-state index is 0.750. The highest BCUT2D eigenvalue weighted by Gasteiger charge is 2.06. The summed E-state index contributed by atoms with van der Waals surface area (Å²) < 4.78 is 6.52. The Kier molecular flexibility index (Phi) is 3.49. The zero-order valence-corrected chi connectivity index (χ0v) is 9.29. The summed E-state index contributed by atoms with van der Waals surface area (Å²) in [6, 6.07) is 7.83. The average molecular weight is 196 g/mol. The SMILES string of the molecule is C[N+](C)(C)CCOc1ccc([NH3+])cc1. The van der Waals surface area contributed by atoms with Crippen LogP contribution in [0.2, 0.25) is 0 Å². The fourth-order valence-corrected chi connectivity index (χ4v) is 1.02. The van der Waals surface area contributed by atoms with E-state index in [1.807, 2.05) is 24.3 Å². The van der Waals surface area contributed by atoms with E-state index >= 15 is 0 Å². The van der Waals surface area contributed by atoms with E-state index in [1.54, 1.807) is 0 Å². The number of likely N-dealkylation sites (N-methyl/N-ethyl adjacent to an activating group) is 1. The van der Waals surface area contributed by atoms with Crippen molar-refractivity contribution < 1.29 is 15.0 Å². The molecule has 0 aliphatic carbocycles. The van der Waals surface area contributed by atoms with Gasteiger partial charge in [-0.15, -0.1) is 0 Å². The molecule has 1 aromatic rings. The van der Waals surface area contributed by atoms with Gasteiger partial charge in [0.15, 0.2) is 0 Å². The molecule has 0 amide bonds. The fraction of sp³-hybridized carbons (Fsp3) is 0.455. The summed E-state index contributed by atoms with van der Waals surface area (Å²) in [4.78, 5) is 0. The van der Waals surface area contributed by atoms with Crippen molar-refractivity contribution >= 4 is 5.69 Å². The first-order valence-corrected chi connectivity index (χ1v) is 4.83. The van der Waals surface area contributed by atoms with Gasteiger partial charge < -0.3 is 15.0 Å². The second-order valence-electron chi connectivity index (χ2n) is 4.51. The zero-order chi connectivity index (χ0) is 10.6. The van der Waals surface area contributed by atoms with Crippen LogP contribution < -0.4 is 10.5 Å². The molecule has 0 unspecified atom stereocenters. The van der Waals surface area contributed by atoms with Crippen molar-refractivity contribution in [3.05, 3.63) is 24.3 Å². The molecule has 0 bridgehead atoms. The highest BCUT2D eigenvalue weighted by molar-refractivity contribution is 5.34. The first kappa shape index (κ1) is 11.0. The second-order valence-corrected chi connectivity index (χ2v) is 4.51. The number of benzene rings is 1. The predicted molar refractivity (Wildman–Crippen MR) is 57.4 cm³/mol. The highest BCUT2D eigenvalue weighted by atomic mass is 16.5. The smallest absolute Gasteiger partial charge is 0.137 e. The normalized spacial score (nSPS) is 11.4. The lowest BCUT2D eigenvalue weighted by Crippen LogP contribution is -2.40. The van der Waals surface area contributed by atoms with Gasteiger partial charge in [0, 0.05) is 12.1 Å². The summed E-state index contributed by atoms with van der Waals surface area (Å²) in [5, 5.41) is 0. The van der Waals surface area contributed by atoms with Crippen molar-refractivity contribution in [2.45, 2.75) is 0 Å². The van der Waals surface area contributed by atoms with Crippen LogP contribution in [0.5, 0.6) is 5.75 Å². The molecule has 0 saturated heterocycles. The Morgan fingerprint density at radius 2 is 1.71 bits per heavy atom. The van der Waals surface area contributed by atoms with Crippen LogP contribution in [-0.2, 0) is 0 Å². The summed E-state index contributed by atoms with van der Waals surface area (Å²) in [5.41, 5.74) is 4.84. The van der Waals surface area contributed by atoms with Crippen molar-refractivity contribution in [1.82, 2.24) is 0 Å². The molecule has 0 aliphatic heterocycles. The molecule has 3 N–H and O–H groups in total. The van der Waals surface area contributed by atoms with Crippen molar-refractivity contribution in [2.24, 2.45) is 0 Å². The maximum absolute atomic E-state index is 5.59. The van der Waals surface area contributed by atoms with Crippen molar-refractivity contribution in [2.75, 3.05) is 34.3 Å². The Labute approximate surface area is 85.7 Å². The molecule has 14 heavy (non-hydrogen) atoms. The van der Waals surface area contributed by atoms with Crippen LogP contribution in [0.25, 0.3) is 0 Å². The predicted octanol–water partition coefficient (Wildman–Crippen LogP) is 0.645. The highest BCUT2D eigenvalue weighted by Crippen LogP contribution is 2.11. The summed E-state index contributed by atoms with van der Waals surface area (Å²) >= 11 is 0. The molecule has 0 fully saturated rings. The first-order chi connectivity index (χ1) is 6.47. The Balaban J connectivity index is 2.35. The molecular weight excluding hydrogens is 176 g/mol. The van der Waals surface area contributed by atoms with Gasteiger partial charge in [-0.1, -0.05) is 0 Å². The number of hydrogen-bond donors (Lipinski definition) is 1. The van der Waals surface area contributed by atoms with Crippen molar-refractivity contribution in [3.63, 3.8) is 0 Å². The lowest BCUT2D eigenvalue weighted by molar-refractivity contribution is -0.870. The average Bonchev–Trinajstić information content (AvgIpc) is 2.06. The van der Waals surface area contributed by atoms with Crippen LogP contribution in [0.4, 0.5) is 5.69 Å². The lowest BCUT2D eigenvalue weighted by atomic mass is 10.3. The summed E-state index contributed by atoms with van der Waals surface area (Å²) in [5.74, 6) is 0.922. The van der Waals surface area contributed by atoms with E-state index in [0.717, 1.165) is 29.1 Å². The standard InChI is InChI=1S/C11H19N2O/c1-13(2,3)8-9-14-11-6-4-10(12)5-7-11/h4-7H,8-9,12H2,1-3H3/q+1/p+1. The molecule has 1 rings (SSSR count). The maximum Gasteiger partial charge on any atom is 0.137 e. The van der Waals surface area contributed by atoms with Gasteiger partial charge in [-0.2, -0.15) is 0 Å².